The van der Waals surface area contributed by atoms with Crippen LogP contribution in [0.2, 0.25) is 0 Å². The first-order chi connectivity index (χ1) is 12.5. The molecule has 0 aliphatic carbocycles. The Morgan fingerprint density at radius 3 is 2.46 bits per heavy atom. The van der Waals surface area contributed by atoms with Gasteiger partial charge in [0.25, 0.3) is 5.56 Å². The van der Waals surface area contributed by atoms with Gasteiger partial charge in [0.1, 0.15) is 5.75 Å². The summed E-state index contributed by atoms with van der Waals surface area (Å²) < 4.78 is 5.16. The van der Waals surface area contributed by atoms with Crippen LogP contribution in [0.25, 0.3) is 10.9 Å². The minimum atomic E-state index is -0.163. The van der Waals surface area contributed by atoms with E-state index < -0.39 is 0 Å². The summed E-state index contributed by atoms with van der Waals surface area (Å²) in [6.07, 6.45) is 0. The monoisotopic (exact) mass is 350 g/mol. The van der Waals surface area contributed by atoms with Crippen molar-refractivity contribution >= 4 is 16.8 Å². The Balaban J connectivity index is 1.86. The molecule has 0 atom stereocenters. The fourth-order valence-electron chi connectivity index (χ4n) is 2.91. The van der Waals surface area contributed by atoms with Crippen molar-refractivity contribution in [2.24, 2.45) is 0 Å². The van der Waals surface area contributed by atoms with E-state index in [0.29, 0.717) is 12.1 Å². The largest absolute Gasteiger partial charge is 0.497 e. The zero-order valence-electron chi connectivity index (χ0n) is 15.2. The minimum Gasteiger partial charge on any atom is -0.497 e. The van der Waals surface area contributed by atoms with Gasteiger partial charge in [-0.2, -0.15) is 0 Å². The first-order valence-electron chi connectivity index (χ1n) is 8.47. The van der Waals surface area contributed by atoms with Crippen LogP contribution >= 0.6 is 0 Å². The van der Waals surface area contributed by atoms with Gasteiger partial charge in [-0.05, 0) is 47.7 Å². The van der Waals surface area contributed by atoms with E-state index in [1.54, 1.807) is 12.0 Å². The van der Waals surface area contributed by atoms with Crippen LogP contribution in [0.5, 0.6) is 5.75 Å². The summed E-state index contributed by atoms with van der Waals surface area (Å²) in [5, 5.41) is 0.957. The lowest BCUT2D eigenvalue weighted by molar-refractivity contribution is -0.130. The number of fused-ring (bicyclic) bond motifs is 1. The highest BCUT2D eigenvalue weighted by atomic mass is 16.5. The minimum absolute atomic E-state index is 0.0794. The normalized spacial score (nSPS) is 10.7. The smallest absolute Gasteiger partial charge is 0.253 e. The fraction of sp³-hybridized carbons (Fsp3) is 0.238. The van der Waals surface area contributed by atoms with Crippen molar-refractivity contribution in [3.05, 3.63) is 75.6 Å². The molecule has 0 spiro atoms. The molecule has 0 aliphatic heterocycles. The predicted molar refractivity (Wildman–Crippen MR) is 102 cm³/mol. The van der Waals surface area contributed by atoms with Crippen molar-refractivity contribution in [3.8, 4) is 5.75 Å². The molecule has 5 nitrogen and oxygen atoms in total. The molecule has 1 aromatic heterocycles. The fourth-order valence-corrected chi connectivity index (χ4v) is 2.91. The summed E-state index contributed by atoms with van der Waals surface area (Å²) in [4.78, 5) is 29.1. The molecule has 3 aromatic rings. The zero-order valence-corrected chi connectivity index (χ0v) is 15.2. The number of carbonyl (C=O) groups excluding carboxylic acids is 1. The van der Waals surface area contributed by atoms with Gasteiger partial charge in [0.05, 0.1) is 13.7 Å². The maximum absolute atomic E-state index is 12.4. The summed E-state index contributed by atoms with van der Waals surface area (Å²) in [5.41, 5.74) is 3.29. The molecule has 0 aliphatic rings. The number of benzene rings is 2. The first kappa shape index (κ1) is 17.7. The number of aromatic nitrogens is 1. The highest BCUT2D eigenvalue weighted by Gasteiger charge is 2.13. The summed E-state index contributed by atoms with van der Waals surface area (Å²) in [5.74, 6) is 0.689. The number of pyridine rings is 1. The van der Waals surface area contributed by atoms with Crippen LogP contribution in [-0.4, -0.2) is 22.9 Å². The van der Waals surface area contributed by atoms with Crippen LogP contribution in [0.15, 0.2) is 53.3 Å². The van der Waals surface area contributed by atoms with E-state index in [1.807, 2.05) is 55.5 Å². The van der Waals surface area contributed by atoms with E-state index in [9.17, 15) is 9.59 Å². The van der Waals surface area contributed by atoms with Crippen LogP contribution in [0, 0.1) is 6.92 Å². The van der Waals surface area contributed by atoms with Crippen LogP contribution in [0.4, 0.5) is 0 Å². The number of H-pyrrole nitrogens is 1. The molecular formula is C21H22N2O3. The molecule has 0 bridgehead atoms. The Morgan fingerprint density at radius 1 is 1.08 bits per heavy atom. The van der Waals surface area contributed by atoms with Crippen molar-refractivity contribution in [2.75, 3.05) is 7.11 Å². The number of aryl methyl sites for hydroxylation is 1. The maximum Gasteiger partial charge on any atom is 0.253 e. The predicted octanol–water partition coefficient (Wildman–Crippen LogP) is 3.39. The highest BCUT2D eigenvalue weighted by molar-refractivity contribution is 5.80. The van der Waals surface area contributed by atoms with E-state index in [4.69, 9.17) is 4.74 Å². The number of hydrogen-bond acceptors (Lipinski definition) is 3. The van der Waals surface area contributed by atoms with Crippen molar-refractivity contribution in [3.63, 3.8) is 0 Å². The number of hydrogen-bond donors (Lipinski definition) is 1. The van der Waals surface area contributed by atoms with E-state index in [-0.39, 0.29) is 18.0 Å². The number of nitrogens with zero attached hydrogens (tertiary/aromatic N) is 1. The Labute approximate surface area is 152 Å². The Morgan fingerprint density at radius 2 is 1.81 bits per heavy atom. The van der Waals surface area contributed by atoms with E-state index >= 15 is 0 Å². The third-order valence-corrected chi connectivity index (χ3v) is 4.42. The van der Waals surface area contributed by atoms with Gasteiger partial charge in [-0.15, -0.1) is 0 Å². The molecule has 5 heteroatoms. The van der Waals surface area contributed by atoms with Crippen LogP contribution < -0.4 is 10.3 Å². The summed E-state index contributed by atoms with van der Waals surface area (Å²) >= 11 is 0. The second-order valence-electron chi connectivity index (χ2n) is 6.44. The number of aromatic amines is 1. The second kappa shape index (κ2) is 7.44. The number of amides is 1. The Bertz CT molecular complexity index is 990. The molecule has 1 heterocycles. The Kier molecular flexibility index (Phi) is 5.07. The van der Waals surface area contributed by atoms with E-state index in [1.165, 1.54) is 6.92 Å². The van der Waals surface area contributed by atoms with Crippen LogP contribution in [0.3, 0.4) is 0 Å². The van der Waals surface area contributed by atoms with E-state index in [0.717, 1.165) is 27.8 Å². The van der Waals surface area contributed by atoms with E-state index in [2.05, 4.69) is 4.98 Å². The number of nitrogens with one attached hydrogen (secondary N) is 1. The van der Waals surface area contributed by atoms with Gasteiger partial charge in [0.2, 0.25) is 5.91 Å². The molecule has 1 amide bonds. The van der Waals surface area contributed by atoms with Gasteiger partial charge in [0.15, 0.2) is 0 Å². The molecular weight excluding hydrogens is 328 g/mol. The first-order valence-corrected chi connectivity index (χ1v) is 8.47. The quantitative estimate of drug-likeness (QED) is 0.767. The number of rotatable bonds is 5. The van der Waals surface area contributed by atoms with Crippen molar-refractivity contribution in [2.45, 2.75) is 26.9 Å². The number of carbonyl (C=O) groups is 1. The number of ether oxygens (including phenoxy) is 1. The Hall–Kier alpha value is -3.08. The molecule has 3 rings (SSSR count). The lowest BCUT2D eigenvalue weighted by atomic mass is 10.1. The molecule has 1 N–H and O–H groups in total. The highest BCUT2D eigenvalue weighted by Crippen LogP contribution is 2.16. The van der Waals surface area contributed by atoms with Gasteiger partial charge < -0.3 is 14.6 Å². The average molecular weight is 350 g/mol. The van der Waals surface area contributed by atoms with Gasteiger partial charge in [0, 0.05) is 24.5 Å². The molecule has 134 valence electrons. The number of methoxy groups -OCH3 is 1. The molecule has 0 saturated carbocycles. The SMILES string of the molecule is COc1ccc(CN(Cc2cc3ccc(C)cc3[nH]c2=O)C(C)=O)cc1. The van der Waals surface area contributed by atoms with Gasteiger partial charge in [-0.3, -0.25) is 9.59 Å². The third kappa shape index (κ3) is 3.94. The standard InChI is InChI=1S/C21H22N2O3/c1-14-4-7-17-11-18(21(25)22-20(17)10-14)13-23(15(2)24)12-16-5-8-19(26-3)9-6-16/h4-11H,12-13H2,1-3H3,(H,22,25). The molecule has 0 unspecified atom stereocenters. The maximum atomic E-state index is 12.4. The molecule has 26 heavy (non-hydrogen) atoms. The van der Waals surface area contributed by atoms with Gasteiger partial charge in [-0.1, -0.05) is 24.3 Å². The molecule has 0 saturated heterocycles. The van der Waals surface area contributed by atoms with Gasteiger partial charge >= 0.3 is 0 Å². The summed E-state index contributed by atoms with van der Waals surface area (Å²) in [6, 6.07) is 15.3. The zero-order chi connectivity index (χ0) is 18.7. The topological polar surface area (TPSA) is 62.4 Å². The van der Waals surface area contributed by atoms with Crippen molar-refractivity contribution in [1.29, 1.82) is 0 Å². The molecule has 2 aromatic carbocycles. The second-order valence-corrected chi connectivity index (χ2v) is 6.44. The van der Waals surface area contributed by atoms with Gasteiger partial charge in [-0.25, -0.2) is 0 Å². The lowest BCUT2D eigenvalue weighted by Gasteiger charge is -2.21. The average Bonchev–Trinajstić information content (AvgIpc) is 2.62. The van der Waals surface area contributed by atoms with Crippen LogP contribution in [-0.2, 0) is 17.9 Å². The van der Waals surface area contributed by atoms with Crippen LogP contribution in [0.1, 0.15) is 23.6 Å². The molecule has 0 fully saturated rings. The summed E-state index contributed by atoms with van der Waals surface area (Å²) in [6.45, 7) is 4.20. The lowest BCUT2D eigenvalue weighted by Crippen LogP contribution is -2.30. The van der Waals surface area contributed by atoms with Crippen molar-refractivity contribution < 1.29 is 9.53 Å². The molecule has 0 radical (unpaired) electrons. The third-order valence-electron chi connectivity index (χ3n) is 4.42. The van der Waals surface area contributed by atoms with Crippen molar-refractivity contribution in [1.82, 2.24) is 9.88 Å². The summed E-state index contributed by atoms with van der Waals surface area (Å²) in [7, 11) is 1.62.